The summed E-state index contributed by atoms with van der Waals surface area (Å²) in [6, 6.07) is 15.1. The highest BCUT2D eigenvalue weighted by Gasteiger charge is 2.13. The van der Waals surface area contributed by atoms with E-state index in [4.69, 9.17) is 11.6 Å². The number of hydrogen-bond acceptors (Lipinski definition) is 3. The van der Waals surface area contributed by atoms with Crippen LogP contribution in [0.25, 0.3) is 16.8 Å². The topological polar surface area (TPSA) is 68.5 Å². The number of nitrogens with one attached hydrogen (secondary N) is 1. The SMILES string of the molecule is Cc1nn(-c2ccc(-c3cn[nH]c3)cc2)c(=O)n1Cc1ccccc1Cl. The molecule has 0 saturated heterocycles. The van der Waals surface area contributed by atoms with Crippen LogP contribution >= 0.6 is 11.6 Å². The number of halogens is 1. The van der Waals surface area contributed by atoms with Gasteiger partial charge in [0, 0.05) is 16.8 Å². The van der Waals surface area contributed by atoms with Gasteiger partial charge in [0.05, 0.1) is 18.4 Å². The first-order chi connectivity index (χ1) is 12.6. The van der Waals surface area contributed by atoms with Crippen LogP contribution in [0.2, 0.25) is 5.02 Å². The smallest absolute Gasteiger partial charge is 0.285 e. The van der Waals surface area contributed by atoms with E-state index in [0.29, 0.717) is 23.1 Å². The van der Waals surface area contributed by atoms with Crippen LogP contribution in [0, 0.1) is 6.92 Å². The molecular formula is C19H16ClN5O. The van der Waals surface area contributed by atoms with Gasteiger partial charge in [-0.2, -0.15) is 14.9 Å². The summed E-state index contributed by atoms with van der Waals surface area (Å²) in [5.74, 6) is 0.633. The van der Waals surface area contributed by atoms with Gasteiger partial charge in [-0.25, -0.2) is 4.79 Å². The van der Waals surface area contributed by atoms with Gasteiger partial charge in [-0.15, -0.1) is 0 Å². The Hall–Kier alpha value is -3.12. The quantitative estimate of drug-likeness (QED) is 0.602. The summed E-state index contributed by atoms with van der Waals surface area (Å²) in [7, 11) is 0. The highest BCUT2D eigenvalue weighted by molar-refractivity contribution is 6.31. The number of aromatic nitrogens is 5. The highest BCUT2D eigenvalue weighted by Crippen LogP contribution is 2.19. The van der Waals surface area contributed by atoms with Crippen LogP contribution in [0.5, 0.6) is 0 Å². The molecule has 130 valence electrons. The Morgan fingerprint density at radius 3 is 2.54 bits per heavy atom. The van der Waals surface area contributed by atoms with E-state index in [9.17, 15) is 4.79 Å². The second-order valence-electron chi connectivity index (χ2n) is 5.95. The van der Waals surface area contributed by atoms with Crippen molar-refractivity contribution in [2.24, 2.45) is 0 Å². The Bertz CT molecular complexity index is 1090. The number of hydrogen-bond donors (Lipinski definition) is 1. The number of aryl methyl sites for hydroxylation is 1. The molecule has 6 nitrogen and oxygen atoms in total. The van der Waals surface area contributed by atoms with E-state index < -0.39 is 0 Å². The number of H-pyrrole nitrogens is 1. The standard InChI is InChI=1S/C19H16ClN5O/c1-13-23-25(17-8-6-14(7-9-17)16-10-21-22-11-16)19(26)24(13)12-15-4-2-3-5-18(15)20/h2-11H,12H2,1H3,(H,21,22). The summed E-state index contributed by atoms with van der Waals surface area (Å²) < 4.78 is 3.02. The summed E-state index contributed by atoms with van der Waals surface area (Å²) in [4.78, 5) is 12.8. The van der Waals surface area contributed by atoms with Gasteiger partial charge in [0.2, 0.25) is 0 Å². The fraction of sp³-hybridized carbons (Fsp3) is 0.105. The average Bonchev–Trinajstić information content (AvgIpc) is 3.28. The molecule has 2 heterocycles. The van der Waals surface area contributed by atoms with Crippen molar-refractivity contribution in [3.8, 4) is 16.8 Å². The molecule has 7 heteroatoms. The summed E-state index contributed by atoms with van der Waals surface area (Å²) in [6.07, 6.45) is 3.58. The second-order valence-corrected chi connectivity index (χ2v) is 6.36. The van der Waals surface area contributed by atoms with E-state index >= 15 is 0 Å². The zero-order valence-electron chi connectivity index (χ0n) is 14.1. The number of benzene rings is 2. The van der Waals surface area contributed by atoms with Crippen LogP contribution in [-0.2, 0) is 6.54 Å². The monoisotopic (exact) mass is 365 g/mol. The lowest BCUT2D eigenvalue weighted by Crippen LogP contribution is -2.24. The summed E-state index contributed by atoms with van der Waals surface area (Å²) in [6.45, 7) is 2.20. The van der Waals surface area contributed by atoms with Crippen LogP contribution in [0.3, 0.4) is 0 Å². The van der Waals surface area contributed by atoms with E-state index in [1.54, 1.807) is 10.8 Å². The minimum atomic E-state index is -0.196. The van der Waals surface area contributed by atoms with Crippen LogP contribution in [0.1, 0.15) is 11.4 Å². The second kappa shape index (κ2) is 6.65. The Morgan fingerprint density at radius 2 is 1.85 bits per heavy atom. The minimum absolute atomic E-state index is 0.196. The number of nitrogens with zero attached hydrogens (tertiary/aromatic N) is 4. The van der Waals surface area contributed by atoms with E-state index in [0.717, 1.165) is 16.7 Å². The minimum Gasteiger partial charge on any atom is -0.285 e. The lowest BCUT2D eigenvalue weighted by Gasteiger charge is -2.05. The zero-order chi connectivity index (χ0) is 18.1. The first kappa shape index (κ1) is 16.4. The predicted molar refractivity (Wildman–Crippen MR) is 101 cm³/mol. The fourth-order valence-electron chi connectivity index (χ4n) is 2.85. The largest absolute Gasteiger partial charge is 0.351 e. The van der Waals surface area contributed by atoms with Gasteiger partial charge in [-0.05, 0) is 36.2 Å². The average molecular weight is 366 g/mol. The molecule has 4 rings (SSSR count). The lowest BCUT2D eigenvalue weighted by atomic mass is 10.1. The molecule has 4 aromatic rings. The molecule has 0 aliphatic carbocycles. The molecule has 0 amide bonds. The maximum atomic E-state index is 12.8. The molecule has 0 atom stereocenters. The van der Waals surface area contributed by atoms with Crippen LogP contribution in [0.15, 0.2) is 65.7 Å². The summed E-state index contributed by atoms with van der Waals surface area (Å²) in [5.41, 5.74) is 3.41. The molecule has 0 fully saturated rings. The van der Waals surface area contributed by atoms with E-state index in [-0.39, 0.29) is 5.69 Å². The molecule has 0 spiro atoms. The van der Waals surface area contributed by atoms with Crippen molar-refractivity contribution >= 4 is 11.6 Å². The Labute approximate surface area is 154 Å². The van der Waals surface area contributed by atoms with E-state index in [1.165, 1.54) is 4.68 Å². The van der Waals surface area contributed by atoms with E-state index in [2.05, 4.69) is 15.3 Å². The van der Waals surface area contributed by atoms with Crippen molar-refractivity contribution in [1.29, 1.82) is 0 Å². The Kier molecular flexibility index (Phi) is 4.18. The van der Waals surface area contributed by atoms with Crippen LogP contribution in [-0.4, -0.2) is 24.5 Å². The molecule has 2 aromatic carbocycles. The fourth-order valence-corrected chi connectivity index (χ4v) is 3.04. The molecule has 0 aliphatic heterocycles. The van der Waals surface area contributed by atoms with Crippen molar-refractivity contribution in [2.45, 2.75) is 13.5 Å². The number of aromatic amines is 1. The zero-order valence-corrected chi connectivity index (χ0v) is 14.8. The highest BCUT2D eigenvalue weighted by atomic mass is 35.5. The molecule has 0 bridgehead atoms. The van der Waals surface area contributed by atoms with Crippen LogP contribution in [0.4, 0.5) is 0 Å². The van der Waals surface area contributed by atoms with E-state index in [1.807, 2.05) is 61.7 Å². The van der Waals surface area contributed by atoms with Crippen molar-refractivity contribution in [3.05, 3.63) is 87.8 Å². The first-order valence-corrected chi connectivity index (χ1v) is 8.51. The molecule has 26 heavy (non-hydrogen) atoms. The summed E-state index contributed by atoms with van der Waals surface area (Å²) >= 11 is 6.22. The Morgan fingerprint density at radius 1 is 1.08 bits per heavy atom. The maximum absolute atomic E-state index is 12.8. The summed E-state index contributed by atoms with van der Waals surface area (Å²) in [5, 5.41) is 11.8. The van der Waals surface area contributed by atoms with Crippen molar-refractivity contribution in [3.63, 3.8) is 0 Å². The predicted octanol–water partition coefficient (Wildman–Crippen LogP) is 3.43. The third-order valence-electron chi connectivity index (χ3n) is 4.28. The van der Waals surface area contributed by atoms with Gasteiger partial charge in [0.1, 0.15) is 5.82 Å². The van der Waals surface area contributed by atoms with Crippen LogP contribution < -0.4 is 5.69 Å². The molecular weight excluding hydrogens is 350 g/mol. The molecule has 0 unspecified atom stereocenters. The van der Waals surface area contributed by atoms with Gasteiger partial charge >= 0.3 is 5.69 Å². The van der Waals surface area contributed by atoms with Crippen molar-refractivity contribution < 1.29 is 0 Å². The van der Waals surface area contributed by atoms with Gasteiger partial charge in [-0.1, -0.05) is 41.9 Å². The molecule has 0 aliphatic rings. The lowest BCUT2D eigenvalue weighted by molar-refractivity contribution is 0.723. The normalized spacial score (nSPS) is 11.0. The molecule has 0 radical (unpaired) electrons. The van der Waals surface area contributed by atoms with Gasteiger partial charge in [0.25, 0.3) is 0 Å². The molecule has 1 N–H and O–H groups in total. The third kappa shape index (κ3) is 2.95. The van der Waals surface area contributed by atoms with Crippen molar-refractivity contribution in [1.82, 2.24) is 24.5 Å². The van der Waals surface area contributed by atoms with Gasteiger partial charge < -0.3 is 0 Å². The van der Waals surface area contributed by atoms with Gasteiger partial charge in [-0.3, -0.25) is 9.67 Å². The Balaban J connectivity index is 1.68. The molecule has 2 aromatic heterocycles. The van der Waals surface area contributed by atoms with Crippen molar-refractivity contribution in [2.75, 3.05) is 0 Å². The number of rotatable bonds is 4. The first-order valence-electron chi connectivity index (χ1n) is 8.13. The molecule has 0 saturated carbocycles. The van der Waals surface area contributed by atoms with Gasteiger partial charge in [0.15, 0.2) is 0 Å². The maximum Gasteiger partial charge on any atom is 0.351 e. The third-order valence-corrected chi connectivity index (χ3v) is 4.65.